The third-order valence-electron chi connectivity index (χ3n) is 3.65. The normalized spacial score (nSPS) is 17.8. The van der Waals surface area contributed by atoms with Crippen LogP contribution in [0.2, 0.25) is 0 Å². The molecule has 2 N–H and O–H groups in total. The van der Waals surface area contributed by atoms with Crippen molar-refractivity contribution in [1.82, 2.24) is 0 Å². The average molecular weight is 217 g/mol. The van der Waals surface area contributed by atoms with E-state index in [2.05, 4.69) is 24.3 Å². The lowest BCUT2D eigenvalue weighted by molar-refractivity contribution is -0.118. The van der Waals surface area contributed by atoms with Crippen molar-refractivity contribution in [3.05, 3.63) is 35.9 Å². The second kappa shape index (κ2) is 5.15. The highest BCUT2D eigenvalue weighted by Crippen LogP contribution is 2.41. The fraction of sp³-hybridized carbons (Fsp3) is 0.500. The summed E-state index contributed by atoms with van der Waals surface area (Å²) in [5.41, 5.74) is 6.61. The molecular weight excluding hydrogens is 198 g/mol. The second-order valence-corrected chi connectivity index (χ2v) is 4.71. The molecule has 0 heterocycles. The van der Waals surface area contributed by atoms with Crippen molar-refractivity contribution in [2.75, 3.05) is 0 Å². The predicted molar refractivity (Wildman–Crippen MR) is 65.0 cm³/mol. The van der Waals surface area contributed by atoms with Crippen LogP contribution >= 0.6 is 0 Å². The average Bonchev–Trinajstić information content (AvgIpc) is 2.22. The summed E-state index contributed by atoms with van der Waals surface area (Å²) >= 11 is 0. The van der Waals surface area contributed by atoms with E-state index in [0.29, 0.717) is 12.3 Å². The first kappa shape index (κ1) is 11.2. The Morgan fingerprint density at radius 3 is 2.50 bits per heavy atom. The SMILES string of the molecule is NC(=O)CCC(c1ccccc1)C1CCC1. The number of carbonyl (C=O) groups excluding carboxylic acids is 1. The number of carbonyl (C=O) groups is 1. The Balaban J connectivity index is 2.05. The van der Waals surface area contributed by atoms with E-state index < -0.39 is 0 Å². The topological polar surface area (TPSA) is 43.1 Å². The minimum atomic E-state index is -0.180. The third kappa shape index (κ3) is 2.63. The molecule has 1 saturated carbocycles. The van der Waals surface area contributed by atoms with Crippen LogP contribution in [-0.2, 0) is 4.79 Å². The number of rotatable bonds is 5. The van der Waals surface area contributed by atoms with Gasteiger partial charge in [-0.15, -0.1) is 0 Å². The molecule has 2 heteroatoms. The summed E-state index contributed by atoms with van der Waals surface area (Å²) in [5, 5.41) is 0. The van der Waals surface area contributed by atoms with E-state index in [1.807, 2.05) is 6.07 Å². The molecule has 0 aliphatic heterocycles. The second-order valence-electron chi connectivity index (χ2n) is 4.71. The van der Waals surface area contributed by atoms with E-state index in [9.17, 15) is 4.79 Å². The lowest BCUT2D eigenvalue weighted by Gasteiger charge is -2.34. The van der Waals surface area contributed by atoms with E-state index in [-0.39, 0.29) is 5.91 Å². The van der Waals surface area contributed by atoms with E-state index >= 15 is 0 Å². The Morgan fingerprint density at radius 1 is 1.31 bits per heavy atom. The zero-order valence-electron chi connectivity index (χ0n) is 9.56. The highest BCUT2D eigenvalue weighted by molar-refractivity contribution is 5.73. The maximum absolute atomic E-state index is 10.9. The van der Waals surface area contributed by atoms with E-state index in [0.717, 1.165) is 12.3 Å². The monoisotopic (exact) mass is 217 g/mol. The Hall–Kier alpha value is -1.31. The van der Waals surface area contributed by atoms with Crippen molar-refractivity contribution in [3.8, 4) is 0 Å². The van der Waals surface area contributed by atoms with Gasteiger partial charge in [0, 0.05) is 6.42 Å². The summed E-state index contributed by atoms with van der Waals surface area (Å²) in [4.78, 5) is 10.9. The Morgan fingerprint density at radius 2 is 2.00 bits per heavy atom. The molecule has 0 bridgehead atoms. The van der Waals surface area contributed by atoms with Crippen molar-refractivity contribution in [1.29, 1.82) is 0 Å². The summed E-state index contributed by atoms with van der Waals surface area (Å²) in [6.45, 7) is 0. The van der Waals surface area contributed by atoms with Gasteiger partial charge in [0.1, 0.15) is 0 Å². The summed E-state index contributed by atoms with van der Waals surface area (Å²) in [6.07, 6.45) is 5.36. The molecule has 2 rings (SSSR count). The van der Waals surface area contributed by atoms with E-state index in [4.69, 9.17) is 5.73 Å². The molecule has 1 aliphatic rings. The molecule has 86 valence electrons. The molecule has 1 amide bonds. The molecule has 2 nitrogen and oxygen atoms in total. The van der Waals surface area contributed by atoms with Crippen LogP contribution in [0.15, 0.2) is 30.3 Å². The summed E-state index contributed by atoms with van der Waals surface area (Å²) in [6, 6.07) is 10.5. The predicted octanol–water partition coefficient (Wildman–Crippen LogP) is 2.84. The number of hydrogen-bond donors (Lipinski definition) is 1. The minimum Gasteiger partial charge on any atom is -0.370 e. The van der Waals surface area contributed by atoms with Crippen LogP contribution in [0.5, 0.6) is 0 Å². The van der Waals surface area contributed by atoms with Gasteiger partial charge in [-0.2, -0.15) is 0 Å². The number of amides is 1. The van der Waals surface area contributed by atoms with Crippen LogP contribution in [0.25, 0.3) is 0 Å². The Labute approximate surface area is 96.8 Å². The molecule has 0 aromatic heterocycles. The van der Waals surface area contributed by atoms with Crippen LogP contribution < -0.4 is 5.73 Å². The lowest BCUT2D eigenvalue weighted by atomic mass is 9.71. The van der Waals surface area contributed by atoms with Crippen molar-refractivity contribution in [2.24, 2.45) is 11.7 Å². The Kier molecular flexibility index (Phi) is 3.60. The van der Waals surface area contributed by atoms with Gasteiger partial charge in [-0.05, 0) is 36.7 Å². The summed E-state index contributed by atoms with van der Waals surface area (Å²) in [5.74, 6) is 1.12. The molecule has 1 unspecified atom stereocenters. The molecule has 0 spiro atoms. The molecule has 16 heavy (non-hydrogen) atoms. The van der Waals surface area contributed by atoms with Crippen LogP contribution in [0, 0.1) is 5.92 Å². The van der Waals surface area contributed by atoms with Gasteiger partial charge in [-0.3, -0.25) is 4.79 Å². The molecule has 1 aromatic rings. The van der Waals surface area contributed by atoms with Gasteiger partial charge in [-0.25, -0.2) is 0 Å². The van der Waals surface area contributed by atoms with Gasteiger partial charge in [0.25, 0.3) is 0 Å². The van der Waals surface area contributed by atoms with Crippen LogP contribution in [0.4, 0.5) is 0 Å². The molecule has 1 fully saturated rings. The van der Waals surface area contributed by atoms with Crippen LogP contribution in [0.1, 0.15) is 43.6 Å². The van der Waals surface area contributed by atoms with Gasteiger partial charge < -0.3 is 5.73 Å². The Bertz CT molecular complexity index is 343. The van der Waals surface area contributed by atoms with Gasteiger partial charge in [0.05, 0.1) is 0 Å². The molecule has 1 aliphatic carbocycles. The van der Waals surface area contributed by atoms with E-state index in [1.165, 1.54) is 24.8 Å². The zero-order chi connectivity index (χ0) is 11.4. The fourth-order valence-electron chi connectivity index (χ4n) is 2.51. The first-order chi connectivity index (χ1) is 7.77. The van der Waals surface area contributed by atoms with Gasteiger partial charge in [0.15, 0.2) is 0 Å². The maximum Gasteiger partial charge on any atom is 0.217 e. The number of hydrogen-bond acceptors (Lipinski definition) is 1. The van der Waals surface area contributed by atoms with Crippen LogP contribution in [0.3, 0.4) is 0 Å². The minimum absolute atomic E-state index is 0.180. The molecule has 0 saturated heterocycles. The largest absolute Gasteiger partial charge is 0.370 e. The molecule has 1 atom stereocenters. The molecule has 1 aromatic carbocycles. The molecular formula is C14H19NO. The quantitative estimate of drug-likeness (QED) is 0.809. The fourth-order valence-corrected chi connectivity index (χ4v) is 2.51. The van der Waals surface area contributed by atoms with Crippen molar-refractivity contribution >= 4 is 5.91 Å². The molecule has 0 radical (unpaired) electrons. The van der Waals surface area contributed by atoms with Crippen molar-refractivity contribution < 1.29 is 4.79 Å². The van der Waals surface area contributed by atoms with Gasteiger partial charge in [0.2, 0.25) is 5.91 Å². The van der Waals surface area contributed by atoms with Gasteiger partial charge in [-0.1, -0.05) is 36.8 Å². The highest BCUT2D eigenvalue weighted by Gasteiger charge is 2.28. The number of benzene rings is 1. The maximum atomic E-state index is 10.9. The standard InChI is InChI=1S/C14H19NO/c15-14(16)10-9-13(12-7-4-8-12)11-5-2-1-3-6-11/h1-3,5-6,12-13H,4,7-10H2,(H2,15,16). The smallest absolute Gasteiger partial charge is 0.217 e. The summed E-state index contributed by atoms with van der Waals surface area (Å²) < 4.78 is 0. The van der Waals surface area contributed by atoms with Crippen molar-refractivity contribution in [2.45, 2.75) is 38.0 Å². The van der Waals surface area contributed by atoms with E-state index in [1.54, 1.807) is 0 Å². The van der Waals surface area contributed by atoms with Gasteiger partial charge >= 0.3 is 0 Å². The first-order valence-corrected chi connectivity index (χ1v) is 6.10. The zero-order valence-corrected chi connectivity index (χ0v) is 9.56. The number of primary amides is 1. The number of nitrogens with two attached hydrogens (primary N) is 1. The van der Waals surface area contributed by atoms with Crippen LogP contribution in [-0.4, -0.2) is 5.91 Å². The first-order valence-electron chi connectivity index (χ1n) is 6.10. The lowest BCUT2D eigenvalue weighted by Crippen LogP contribution is -2.22. The third-order valence-corrected chi connectivity index (χ3v) is 3.65. The summed E-state index contributed by atoms with van der Waals surface area (Å²) in [7, 11) is 0. The highest BCUT2D eigenvalue weighted by atomic mass is 16.1. The van der Waals surface area contributed by atoms with Crippen molar-refractivity contribution in [3.63, 3.8) is 0 Å².